The molecule has 1 aromatic carbocycles. The van der Waals surface area contributed by atoms with Crippen molar-refractivity contribution in [2.45, 2.75) is 13.0 Å². The van der Waals surface area contributed by atoms with Crippen LogP contribution in [-0.2, 0) is 0 Å². The Labute approximate surface area is 131 Å². The van der Waals surface area contributed by atoms with Gasteiger partial charge >= 0.3 is 5.69 Å². The lowest BCUT2D eigenvalue weighted by Crippen LogP contribution is -2.21. The normalized spacial score (nSPS) is 12.6. The number of nitrogens with one attached hydrogen (secondary N) is 1. The van der Waals surface area contributed by atoms with Gasteiger partial charge in [-0.2, -0.15) is 0 Å². The minimum absolute atomic E-state index is 0.138. The molecular weight excluding hydrogens is 292 g/mol. The van der Waals surface area contributed by atoms with Gasteiger partial charge in [-0.15, -0.1) is 0 Å². The van der Waals surface area contributed by atoms with Crippen molar-refractivity contribution in [3.63, 3.8) is 0 Å². The van der Waals surface area contributed by atoms with Crippen molar-refractivity contribution in [2.24, 2.45) is 0 Å². The molecule has 0 amide bonds. The summed E-state index contributed by atoms with van der Waals surface area (Å²) in [5, 5.41) is 0. The number of hydrogen-bond donors (Lipinski definition) is 1. The fraction of sp³-hybridized carbons (Fsp3) is 0.118. The van der Waals surface area contributed by atoms with Gasteiger partial charge in [-0.05, 0) is 24.6 Å². The van der Waals surface area contributed by atoms with Crippen molar-refractivity contribution < 1.29 is 4.42 Å². The fourth-order valence-corrected chi connectivity index (χ4v) is 2.68. The minimum atomic E-state index is -0.229. The number of furan rings is 1. The van der Waals surface area contributed by atoms with E-state index in [1.165, 1.54) is 0 Å². The van der Waals surface area contributed by atoms with Gasteiger partial charge < -0.3 is 4.42 Å². The van der Waals surface area contributed by atoms with E-state index in [0.29, 0.717) is 22.7 Å². The molecule has 0 aliphatic carbocycles. The van der Waals surface area contributed by atoms with Crippen molar-refractivity contribution in [2.75, 3.05) is 0 Å². The first-order chi connectivity index (χ1) is 11.2. The van der Waals surface area contributed by atoms with E-state index in [0.717, 1.165) is 5.56 Å². The van der Waals surface area contributed by atoms with E-state index in [1.807, 2.05) is 37.3 Å². The summed E-state index contributed by atoms with van der Waals surface area (Å²) in [6.45, 7) is 1.96. The second-order valence-corrected chi connectivity index (χ2v) is 5.29. The molecule has 4 rings (SSSR count). The fourth-order valence-electron chi connectivity index (χ4n) is 2.68. The third-order valence-corrected chi connectivity index (χ3v) is 3.87. The summed E-state index contributed by atoms with van der Waals surface area (Å²) in [6, 6.07) is 13.3. The van der Waals surface area contributed by atoms with Crippen molar-refractivity contribution in [3.05, 3.63) is 71.0 Å². The summed E-state index contributed by atoms with van der Waals surface area (Å²) in [5.41, 5.74) is 2.37. The molecular formula is C17H14N4O2. The monoisotopic (exact) mass is 306 g/mol. The van der Waals surface area contributed by atoms with Gasteiger partial charge in [-0.1, -0.05) is 30.3 Å². The molecule has 0 unspecified atom stereocenters. The predicted octanol–water partition coefficient (Wildman–Crippen LogP) is 2.99. The standard InChI is InChI=1S/C17H14N4O2/c1-11(12-6-3-2-4-7-12)21-16-15(20-17(21)22)19-13(10-18-16)14-8-5-9-23-14/h2-11H,1H3,(H,19,20,22)/t11-/m0/s1. The topological polar surface area (TPSA) is 76.7 Å². The Hall–Kier alpha value is -3.15. The first-order valence-electron chi connectivity index (χ1n) is 7.30. The summed E-state index contributed by atoms with van der Waals surface area (Å²) in [6.07, 6.45) is 3.19. The number of aromatic amines is 1. The van der Waals surface area contributed by atoms with Crippen molar-refractivity contribution in [1.29, 1.82) is 0 Å². The van der Waals surface area contributed by atoms with Gasteiger partial charge in [0.1, 0.15) is 5.69 Å². The minimum Gasteiger partial charge on any atom is -0.463 e. The first kappa shape index (κ1) is 13.5. The molecule has 0 aliphatic heterocycles. The van der Waals surface area contributed by atoms with Crippen LogP contribution in [-0.4, -0.2) is 19.5 Å². The first-order valence-corrected chi connectivity index (χ1v) is 7.30. The summed E-state index contributed by atoms with van der Waals surface area (Å²) in [7, 11) is 0. The maximum Gasteiger partial charge on any atom is 0.329 e. The summed E-state index contributed by atoms with van der Waals surface area (Å²) < 4.78 is 6.94. The molecule has 1 N–H and O–H groups in total. The molecule has 1 atom stereocenters. The Bertz CT molecular complexity index is 1000. The Kier molecular flexibility index (Phi) is 3.08. The van der Waals surface area contributed by atoms with Crippen LogP contribution in [0.1, 0.15) is 18.5 Å². The lowest BCUT2D eigenvalue weighted by atomic mass is 10.1. The molecule has 114 valence electrons. The van der Waals surface area contributed by atoms with E-state index < -0.39 is 0 Å². The number of rotatable bonds is 3. The smallest absolute Gasteiger partial charge is 0.329 e. The van der Waals surface area contributed by atoms with Crippen LogP contribution in [0.3, 0.4) is 0 Å². The van der Waals surface area contributed by atoms with Gasteiger partial charge in [0.05, 0.1) is 18.5 Å². The zero-order valence-electron chi connectivity index (χ0n) is 12.4. The molecule has 6 heteroatoms. The number of H-pyrrole nitrogens is 1. The van der Waals surface area contributed by atoms with Gasteiger partial charge in [0.2, 0.25) is 0 Å². The highest BCUT2D eigenvalue weighted by atomic mass is 16.3. The van der Waals surface area contributed by atoms with Gasteiger partial charge in [0.25, 0.3) is 0 Å². The number of imidazole rings is 1. The second-order valence-electron chi connectivity index (χ2n) is 5.29. The number of aromatic nitrogens is 4. The molecule has 0 aliphatic rings. The SMILES string of the molecule is C[C@@H](c1ccccc1)n1c(=O)[nH]c2nc(-c3ccco3)cnc21. The largest absolute Gasteiger partial charge is 0.463 e. The molecule has 0 saturated heterocycles. The molecule has 0 saturated carbocycles. The molecule has 3 aromatic heterocycles. The molecule has 4 aromatic rings. The van der Waals surface area contributed by atoms with Crippen molar-refractivity contribution in [3.8, 4) is 11.5 Å². The maximum absolute atomic E-state index is 12.4. The van der Waals surface area contributed by atoms with E-state index in [-0.39, 0.29) is 11.7 Å². The van der Waals surface area contributed by atoms with Crippen LogP contribution in [0.2, 0.25) is 0 Å². The van der Waals surface area contributed by atoms with Crippen LogP contribution in [0.4, 0.5) is 0 Å². The van der Waals surface area contributed by atoms with E-state index in [4.69, 9.17) is 4.42 Å². The van der Waals surface area contributed by atoms with Gasteiger partial charge in [-0.25, -0.2) is 14.8 Å². The Morgan fingerprint density at radius 1 is 1.17 bits per heavy atom. The molecule has 0 radical (unpaired) electrons. The highest BCUT2D eigenvalue weighted by molar-refractivity contribution is 5.69. The maximum atomic E-state index is 12.4. The van der Waals surface area contributed by atoms with E-state index in [1.54, 1.807) is 29.2 Å². The highest BCUT2D eigenvalue weighted by Gasteiger charge is 2.17. The summed E-state index contributed by atoms with van der Waals surface area (Å²) in [4.78, 5) is 24.0. The second kappa shape index (κ2) is 5.24. The Morgan fingerprint density at radius 3 is 2.74 bits per heavy atom. The predicted molar refractivity (Wildman–Crippen MR) is 86.1 cm³/mol. The van der Waals surface area contributed by atoms with Crippen LogP contribution in [0.5, 0.6) is 0 Å². The van der Waals surface area contributed by atoms with E-state index in [9.17, 15) is 4.79 Å². The Morgan fingerprint density at radius 2 is 2.00 bits per heavy atom. The molecule has 0 bridgehead atoms. The lowest BCUT2D eigenvalue weighted by molar-refractivity contribution is 0.580. The molecule has 3 heterocycles. The molecule has 6 nitrogen and oxygen atoms in total. The number of hydrogen-bond acceptors (Lipinski definition) is 4. The van der Waals surface area contributed by atoms with E-state index in [2.05, 4.69) is 15.0 Å². The third-order valence-electron chi connectivity index (χ3n) is 3.87. The number of nitrogens with zero attached hydrogens (tertiary/aromatic N) is 3. The van der Waals surface area contributed by atoms with Crippen LogP contribution in [0.25, 0.3) is 22.7 Å². The van der Waals surface area contributed by atoms with Crippen LogP contribution < -0.4 is 5.69 Å². The van der Waals surface area contributed by atoms with Gasteiger partial charge in [0, 0.05) is 0 Å². The Balaban J connectivity index is 1.85. The third kappa shape index (κ3) is 2.24. The quantitative estimate of drug-likeness (QED) is 0.631. The number of benzene rings is 1. The van der Waals surface area contributed by atoms with Gasteiger partial charge in [0.15, 0.2) is 17.1 Å². The number of fused-ring (bicyclic) bond motifs is 1. The van der Waals surface area contributed by atoms with Gasteiger partial charge in [-0.3, -0.25) is 9.55 Å². The average molecular weight is 306 g/mol. The lowest BCUT2D eigenvalue weighted by Gasteiger charge is -2.13. The summed E-state index contributed by atoms with van der Waals surface area (Å²) in [5.74, 6) is 0.615. The molecule has 23 heavy (non-hydrogen) atoms. The zero-order valence-corrected chi connectivity index (χ0v) is 12.4. The van der Waals surface area contributed by atoms with Crippen LogP contribution in [0, 0.1) is 0 Å². The zero-order chi connectivity index (χ0) is 15.8. The summed E-state index contributed by atoms with van der Waals surface area (Å²) >= 11 is 0. The van der Waals surface area contributed by atoms with Crippen molar-refractivity contribution in [1.82, 2.24) is 19.5 Å². The van der Waals surface area contributed by atoms with Crippen molar-refractivity contribution >= 4 is 11.3 Å². The molecule has 0 fully saturated rings. The molecule has 0 spiro atoms. The average Bonchev–Trinajstić information content (AvgIpc) is 3.21. The van der Waals surface area contributed by atoms with E-state index >= 15 is 0 Å². The van der Waals surface area contributed by atoms with Crippen LogP contribution >= 0.6 is 0 Å². The van der Waals surface area contributed by atoms with Crippen LogP contribution in [0.15, 0.2) is 64.1 Å². The highest BCUT2D eigenvalue weighted by Crippen LogP contribution is 2.22.